The molecule has 35 heavy (non-hydrogen) atoms. The fourth-order valence-electron chi connectivity index (χ4n) is 3.62. The zero-order valence-electron chi connectivity index (χ0n) is 20.0. The van der Waals surface area contributed by atoms with Crippen molar-refractivity contribution in [1.82, 2.24) is 5.32 Å². The van der Waals surface area contributed by atoms with Crippen LogP contribution in [0.4, 0.5) is 5.69 Å². The number of rotatable bonds is 7. The molecule has 0 fully saturated rings. The van der Waals surface area contributed by atoms with Crippen LogP contribution in [0.3, 0.4) is 0 Å². The summed E-state index contributed by atoms with van der Waals surface area (Å²) in [5.41, 5.74) is 1.19. The van der Waals surface area contributed by atoms with E-state index in [0.29, 0.717) is 23.6 Å². The molecule has 9 heteroatoms. The van der Waals surface area contributed by atoms with E-state index in [1.54, 1.807) is 30.3 Å². The number of hydrogen-bond donors (Lipinski definition) is 3. The summed E-state index contributed by atoms with van der Waals surface area (Å²) < 4.78 is 15.9. The van der Waals surface area contributed by atoms with Gasteiger partial charge in [-0.25, -0.2) is 4.79 Å². The molecule has 0 aliphatic carbocycles. The molecule has 0 saturated heterocycles. The Morgan fingerprint density at radius 1 is 1.06 bits per heavy atom. The van der Waals surface area contributed by atoms with Crippen molar-refractivity contribution in [3.8, 4) is 11.5 Å². The average molecular weight is 481 g/mol. The fraction of sp³-hybridized carbons (Fsp3) is 0.269. The number of carbonyl (C=O) groups is 3. The van der Waals surface area contributed by atoms with E-state index in [9.17, 15) is 19.5 Å². The monoisotopic (exact) mass is 480 g/mol. The van der Waals surface area contributed by atoms with Gasteiger partial charge in [-0.1, -0.05) is 18.2 Å². The summed E-state index contributed by atoms with van der Waals surface area (Å²) in [5.74, 6) is -1.31. The average Bonchev–Trinajstić information content (AvgIpc) is 2.85. The first-order valence-corrected chi connectivity index (χ1v) is 10.8. The van der Waals surface area contributed by atoms with Crippen LogP contribution in [0.5, 0.6) is 11.5 Å². The topological polar surface area (TPSA) is 123 Å². The number of benzene rings is 2. The molecule has 0 radical (unpaired) electrons. The minimum absolute atomic E-state index is 0.0482. The van der Waals surface area contributed by atoms with Gasteiger partial charge in [0.1, 0.15) is 23.6 Å². The van der Waals surface area contributed by atoms with Crippen LogP contribution in [-0.2, 0) is 30.3 Å². The lowest BCUT2D eigenvalue weighted by atomic mass is 9.92. The van der Waals surface area contributed by atoms with Crippen molar-refractivity contribution < 1.29 is 33.7 Å². The predicted octanol–water partition coefficient (Wildman–Crippen LogP) is 2.95. The van der Waals surface area contributed by atoms with Crippen molar-refractivity contribution in [2.45, 2.75) is 25.8 Å². The second-order valence-corrected chi connectivity index (χ2v) is 8.25. The van der Waals surface area contributed by atoms with Crippen molar-refractivity contribution in [3.05, 3.63) is 71.5 Å². The van der Waals surface area contributed by atoms with Crippen LogP contribution >= 0.6 is 0 Å². The Morgan fingerprint density at radius 2 is 1.77 bits per heavy atom. The Labute approximate surface area is 203 Å². The van der Waals surface area contributed by atoms with Crippen molar-refractivity contribution in [3.63, 3.8) is 0 Å². The van der Waals surface area contributed by atoms with E-state index in [0.717, 1.165) is 16.9 Å². The first-order valence-electron chi connectivity index (χ1n) is 10.8. The number of phenolic OH excluding ortho intramolecular Hbond substituents is 1. The van der Waals surface area contributed by atoms with Gasteiger partial charge in [0, 0.05) is 29.3 Å². The number of amides is 2. The lowest BCUT2D eigenvalue weighted by Gasteiger charge is -2.27. The molecule has 1 heterocycles. The smallest absolute Gasteiger partial charge is 0.331 e. The van der Waals surface area contributed by atoms with E-state index in [1.165, 1.54) is 33.3 Å². The summed E-state index contributed by atoms with van der Waals surface area (Å²) in [5, 5.41) is 14.5. The summed E-state index contributed by atoms with van der Waals surface area (Å²) >= 11 is 0. The molecule has 0 saturated carbocycles. The number of methoxy groups -OCH3 is 2. The minimum Gasteiger partial charge on any atom is -0.508 e. The normalized spacial score (nSPS) is 14.4. The van der Waals surface area contributed by atoms with Gasteiger partial charge in [-0.15, -0.1) is 0 Å². The summed E-state index contributed by atoms with van der Waals surface area (Å²) in [4.78, 5) is 37.8. The molecule has 2 aromatic rings. The Hall–Kier alpha value is -4.27. The molecular weight excluding hydrogens is 452 g/mol. The van der Waals surface area contributed by atoms with Gasteiger partial charge in [0.15, 0.2) is 0 Å². The van der Waals surface area contributed by atoms with Gasteiger partial charge < -0.3 is 30.0 Å². The van der Waals surface area contributed by atoms with Crippen LogP contribution in [0, 0.1) is 0 Å². The van der Waals surface area contributed by atoms with Crippen LogP contribution in [0.1, 0.15) is 25.0 Å². The number of allylic oxidation sites excluding steroid dienone is 3. The van der Waals surface area contributed by atoms with Gasteiger partial charge in [0.2, 0.25) is 0 Å². The SMILES string of the molecule is COC(=O)[C@](C)(Cc1ccc(O)cc1)NC(=O)C(=O)Nc1ccc(C2=CC=C(C)OC2)c(OC)c1. The van der Waals surface area contributed by atoms with Gasteiger partial charge in [0.25, 0.3) is 0 Å². The first-order chi connectivity index (χ1) is 16.6. The van der Waals surface area contributed by atoms with Crippen LogP contribution in [0.25, 0.3) is 5.57 Å². The minimum atomic E-state index is -1.51. The lowest BCUT2D eigenvalue weighted by molar-refractivity contribution is -0.151. The molecule has 1 atom stereocenters. The van der Waals surface area contributed by atoms with E-state index < -0.39 is 23.3 Å². The highest BCUT2D eigenvalue weighted by Crippen LogP contribution is 2.31. The Balaban J connectivity index is 1.74. The third-order valence-corrected chi connectivity index (χ3v) is 5.51. The van der Waals surface area contributed by atoms with Crippen molar-refractivity contribution in [1.29, 1.82) is 0 Å². The van der Waals surface area contributed by atoms with Crippen molar-refractivity contribution in [2.24, 2.45) is 0 Å². The number of ether oxygens (including phenoxy) is 3. The quantitative estimate of drug-likeness (QED) is 0.411. The molecule has 1 aliphatic rings. The van der Waals surface area contributed by atoms with Gasteiger partial charge in [-0.05, 0) is 49.8 Å². The van der Waals surface area contributed by atoms with E-state index in [-0.39, 0.29) is 12.2 Å². The largest absolute Gasteiger partial charge is 0.508 e. The molecular formula is C26H28N2O7. The number of anilines is 1. The summed E-state index contributed by atoms with van der Waals surface area (Å²) in [6.07, 6.45) is 3.84. The number of nitrogens with one attached hydrogen (secondary N) is 2. The number of hydrogen-bond acceptors (Lipinski definition) is 7. The first kappa shape index (κ1) is 25.4. The lowest BCUT2D eigenvalue weighted by Crippen LogP contribution is -2.56. The molecule has 0 spiro atoms. The van der Waals surface area contributed by atoms with Gasteiger partial charge in [0.05, 0.1) is 20.0 Å². The second kappa shape index (κ2) is 10.8. The number of carbonyl (C=O) groups excluding carboxylic acids is 3. The molecule has 3 N–H and O–H groups in total. The van der Waals surface area contributed by atoms with Crippen LogP contribution in [-0.4, -0.2) is 49.3 Å². The Morgan fingerprint density at radius 3 is 2.37 bits per heavy atom. The fourth-order valence-corrected chi connectivity index (χ4v) is 3.62. The molecule has 2 amide bonds. The van der Waals surface area contributed by atoms with Crippen molar-refractivity contribution >= 4 is 29.0 Å². The van der Waals surface area contributed by atoms with Crippen LogP contribution < -0.4 is 15.4 Å². The molecule has 0 bridgehead atoms. The van der Waals surface area contributed by atoms with E-state index in [1.807, 2.05) is 19.1 Å². The van der Waals surface area contributed by atoms with Gasteiger partial charge in [-0.2, -0.15) is 0 Å². The molecule has 0 aromatic heterocycles. The maximum absolute atomic E-state index is 12.7. The highest BCUT2D eigenvalue weighted by molar-refractivity contribution is 6.40. The third kappa shape index (κ3) is 6.20. The molecule has 3 rings (SSSR count). The van der Waals surface area contributed by atoms with Gasteiger partial charge >= 0.3 is 17.8 Å². The van der Waals surface area contributed by atoms with E-state index in [4.69, 9.17) is 14.2 Å². The maximum Gasteiger partial charge on any atom is 0.331 e. The van der Waals surface area contributed by atoms with Gasteiger partial charge in [-0.3, -0.25) is 9.59 Å². The zero-order valence-corrected chi connectivity index (χ0v) is 20.0. The van der Waals surface area contributed by atoms with Crippen LogP contribution in [0.15, 0.2) is 60.4 Å². The highest BCUT2D eigenvalue weighted by atomic mass is 16.5. The summed E-state index contributed by atoms with van der Waals surface area (Å²) in [6, 6.07) is 11.2. The van der Waals surface area contributed by atoms with E-state index >= 15 is 0 Å². The number of phenols is 1. The Kier molecular flexibility index (Phi) is 7.80. The second-order valence-electron chi connectivity index (χ2n) is 8.25. The third-order valence-electron chi connectivity index (χ3n) is 5.51. The summed E-state index contributed by atoms with van der Waals surface area (Å²) in [7, 11) is 2.70. The maximum atomic E-state index is 12.7. The zero-order chi connectivity index (χ0) is 25.6. The number of aromatic hydroxyl groups is 1. The summed E-state index contributed by atoms with van der Waals surface area (Å²) in [6.45, 7) is 3.72. The van der Waals surface area contributed by atoms with Crippen molar-refractivity contribution in [2.75, 3.05) is 26.1 Å². The Bertz CT molecular complexity index is 1180. The van der Waals surface area contributed by atoms with Crippen LogP contribution in [0.2, 0.25) is 0 Å². The number of esters is 1. The molecule has 1 aliphatic heterocycles. The molecule has 184 valence electrons. The molecule has 9 nitrogen and oxygen atoms in total. The highest BCUT2D eigenvalue weighted by Gasteiger charge is 2.38. The van der Waals surface area contributed by atoms with E-state index in [2.05, 4.69) is 10.6 Å². The standard InChI is InChI=1S/C26H28N2O7/c1-16-5-8-18(15-35-16)21-12-9-19(13-22(21)33-3)27-23(30)24(31)28-26(2,25(32)34-4)14-17-6-10-20(29)11-7-17/h5-13,29H,14-15H2,1-4H3,(H,27,30)(H,28,31)/t26-/m0/s1. The predicted molar refractivity (Wildman–Crippen MR) is 130 cm³/mol. The molecule has 2 aromatic carbocycles. The molecule has 0 unspecified atom stereocenters.